The molecule has 2 aliphatic heterocycles. The zero-order valence-corrected chi connectivity index (χ0v) is 66.5. The number of aromatic nitrogens is 8. The molecule has 0 atom stereocenters. The van der Waals surface area contributed by atoms with Crippen molar-refractivity contribution < 1.29 is 60.6 Å². The molecular formula is C71H87Br2ClN14O14P2S. The molecule has 0 bridgehead atoms. The number of benzene rings is 5. The maximum absolute atomic E-state index is 13.4. The van der Waals surface area contributed by atoms with Gasteiger partial charge in [-0.05, 0) is 187 Å². The molecule has 4 aromatic heterocycles. The van der Waals surface area contributed by atoms with Gasteiger partial charge in [-0.15, -0.1) is 0 Å². The smallest absolute Gasteiger partial charge is 0.294 e. The van der Waals surface area contributed by atoms with Gasteiger partial charge in [0.1, 0.15) is 37.4 Å². The van der Waals surface area contributed by atoms with E-state index >= 15 is 0 Å². The van der Waals surface area contributed by atoms with E-state index in [2.05, 4.69) is 95.7 Å². The van der Waals surface area contributed by atoms with Gasteiger partial charge >= 0.3 is 0 Å². The zero-order valence-electron chi connectivity index (χ0n) is 60.0. The lowest BCUT2D eigenvalue weighted by molar-refractivity contribution is -0.385. The van der Waals surface area contributed by atoms with E-state index in [0.29, 0.717) is 111 Å². The largest absolute Gasteiger partial charge is 0.495 e. The highest BCUT2D eigenvalue weighted by Gasteiger charge is 2.34. The third-order valence-corrected chi connectivity index (χ3v) is 22.2. The van der Waals surface area contributed by atoms with E-state index in [-0.39, 0.29) is 20.8 Å². The number of morpholine rings is 2. The topological polar surface area (TPSA) is 337 Å². The third-order valence-electron chi connectivity index (χ3n) is 16.9. The van der Waals surface area contributed by atoms with Crippen LogP contribution < -0.4 is 55.3 Å². The van der Waals surface area contributed by atoms with Crippen LogP contribution >= 0.6 is 57.7 Å². The number of aryl methyl sites for hydroxylation is 1. The van der Waals surface area contributed by atoms with Crippen molar-refractivity contribution in [2.24, 2.45) is 0 Å². The number of ether oxygens (including phenoxy) is 6. The molecule has 4 aliphatic rings. The third kappa shape index (κ3) is 22.4. The molecule has 0 unspecified atom stereocenters. The maximum Gasteiger partial charge on any atom is 0.294 e. The monoisotopic (exact) mass is 1650 g/mol. The molecule has 34 heteroatoms. The number of anilines is 8. The Bertz CT molecular complexity index is 4680. The molecule has 5 aromatic carbocycles. The van der Waals surface area contributed by atoms with Gasteiger partial charge in [-0.2, -0.15) is 28.6 Å². The number of halogens is 3. The number of unbranched alkanes of at least 4 members (excludes halogenated alkanes) is 1. The summed E-state index contributed by atoms with van der Waals surface area (Å²) in [5, 5.41) is 39.4. The molecule has 13 rings (SSSR count). The standard InChI is InChI=1S/C30H35BrN7O4P.C16H16BrClN5O2P.C14H18N2O4.C7H8O3S.C4H10O/c1-40-21-16-33-38(18-21)20-7-8-24(28(13-20)43(3,4)39)34-29-23(31)17-32-30(36-29)35-25-15-27(41-2)26(14-22(25)19-5-6-19)37-9-11-42-12-10-37;1-25-11-7-20-23(9-11)10-4-5-13(14(6-10)26(2,3)24)21-15-12(17)8-19-16(18)22-15;1-19-14-9-12(16(17)18)11(10-2-3-10)8-13(14)15-4-6-20-7-5-15;1-6-2-4-7(5-3-6)11(8,9)10;1-2-3-4-5/h7-8,13-19H,5-6,9-12H2,1-4H3,(H2,32,34,35,36);4-9H,1-3H3,(H,19,21,22);8-10H,2-7H2,1H3;2-5H,1H3,(H,8,9,10);5H,2-4H2,1H3. The molecule has 562 valence electrons. The second-order valence-electron chi connectivity index (χ2n) is 25.4. The first-order valence-corrected chi connectivity index (χ1v) is 42.2. The summed E-state index contributed by atoms with van der Waals surface area (Å²) in [7, 11) is -2.88. The Balaban J connectivity index is 0.000000175. The average Bonchev–Trinajstić information content (AvgIpc) is 1.76. The minimum Gasteiger partial charge on any atom is -0.495 e. The van der Waals surface area contributed by atoms with Crippen LogP contribution in [0.15, 0.2) is 136 Å². The summed E-state index contributed by atoms with van der Waals surface area (Å²) >= 11 is 12.8. The highest BCUT2D eigenvalue weighted by Crippen LogP contribution is 2.50. The SMILES string of the molecule is CCCCO.COc1cc([N+](=O)[O-])c(C2CC2)cc1N1CCOCC1.COc1cnn(-c2ccc(Nc3nc(Cl)ncc3Br)c(P(C)(C)=O)c2)c1.COc1cnn(-c2ccc(Nc3nc(Nc4cc(OC)c(N5CCOCC5)cc4C4CC4)ncc3Br)c(P(C)(C)=O)c2)c1.Cc1ccc(S(=O)(=O)O)cc1. The molecule has 2 aliphatic carbocycles. The molecule has 6 heterocycles. The summed E-state index contributed by atoms with van der Waals surface area (Å²) in [6.07, 6.45) is 16.4. The molecule has 9 aromatic rings. The Morgan fingerprint density at radius 1 is 0.638 bits per heavy atom. The predicted octanol–water partition coefficient (Wildman–Crippen LogP) is 14.3. The first-order valence-electron chi connectivity index (χ1n) is 33.6. The van der Waals surface area contributed by atoms with Crippen molar-refractivity contribution in [2.75, 3.05) is 140 Å². The van der Waals surface area contributed by atoms with Crippen LogP contribution in [0, 0.1) is 17.0 Å². The van der Waals surface area contributed by atoms with E-state index in [0.717, 1.165) is 110 Å². The number of nitrogens with one attached hydrogen (secondary N) is 3. The van der Waals surface area contributed by atoms with Gasteiger partial charge in [-0.25, -0.2) is 19.3 Å². The average molecular weight is 1650 g/mol. The molecule has 105 heavy (non-hydrogen) atoms. The Hall–Kier alpha value is -8.22. The summed E-state index contributed by atoms with van der Waals surface area (Å²) in [4.78, 5) is 32.8. The lowest BCUT2D eigenvalue weighted by Crippen LogP contribution is -2.36. The normalized spacial score (nSPS) is 14.3. The number of nitro groups is 1. The van der Waals surface area contributed by atoms with Gasteiger partial charge in [-0.1, -0.05) is 31.0 Å². The number of rotatable bonds is 22. The van der Waals surface area contributed by atoms with Gasteiger partial charge in [0.2, 0.25) is 11.2 Å². The van der Waals surface area contributed by atoms with E-state index in [1.54, 1.807) is 120 Å². The molecule has 28 nitrogen and oxygen atoms in total. The van der Waals surface area contributed by atoms with Crippen LogP contribution in [-0.4, -0.2) is 177 Å². The summed E-state index contributed by atoms with van der Waals surface area (Å²) in [6, 6.07) is 25.0. The quantitative estimate of drug-likeness (QED) is 0.0138. The van der Waals surface area contributed by atoms with Crippen LogP contribution in [0.2, 0.25) is 5.28 Å². The minimum absolute atomic E-state index is 0.0666. The summed E-state index contributed by atoms with van der Waals surface area (Å²) in [5.74, 6) is 4.95. The van der Waals surface area contributed by atoms with Gasteiger partial charge in [0, 0.05) is 73.1 Å². The van der Waals surface area contributed by atoms with E-state index in [1.807, 2.05) is 55.5 Å². The predicted molar refractivity (Wildman–Crippen MR) is 418 cm³/mol. The molecule has 4 fully saturated rings. The van der Waals surface area contributed by atoms with Crippen LogP contribution in [0.4, 0.5) is 51.7 Å². The first-order chi connectivity index (χ1) is 50.1. The second kappa shape index (κ2) is 36.9. The van der Waals surface area contributed by atoms with Gasteiger partial charge < -0.3 is 68.4 Å². The van der Waals surface area contributed by atoms with Crippen molar-refractivity contribution >= 4 is 130 Å². The highest BCUT2D eigenvalue weighted by atomic mass is 79.9. The van der Waals surface area contributed by atoms with E-state index < -0.39 is 24.4 Å². The van der Waals surface area contributed by atoms with Gasteiger partial charge in [0.15, 0.2) is 11.5 Å². The van der Waals surface area contributed by atoms with Crippen LogP contribution in [-0.2, 0) is 28.7 Å². The van der Waals surface area contributed by atoms with Crippen LogP contribution in [0.1, 0.15) is 74.0 Å². The summed E-state index contributed by atoms with van der Waals surface area (Å²) < 4.78 is 93.0. The lowest BCUT2D eigenvalue weighted by atomic mass is 10.1. The molecule has 2 saturated heterocycles. The summed E-state index contributed by atoms with van der Waals surface area (Å²) in [6.45, 7) is 17.2. The minimum atomic E-state index is -4.02. The second-order valence-corrected chi connectivity index (χ2v) is 35.3. The van der Waals surface area contributed by atoms with Crippen LogP contribution in [0.25, 0.3) is 11.4 Å². The Kier molecular flexibility index (Phi) is 28.4. The van der Waals surface area contributed by atoms with Crippen molar-refractivity contribution in [3.63, 3.8) is 0 Å². The Morgan fingerprint density at radius 2 is 1.10 bits per heavy atom. The van der Waals surface area contributed by atoms with Gasteiger partial charge in [0.25, 0.3) is 15.8 Å². The number of aliphatic hydroxyl groups is 1. The van der Waals surface area contributed by atoms with Crippen molar-refractivity contribution in [1.29, 1.82) is 0 Å². The van der Waals surface area contributed by atoms with Gasteiger partial charge in [-0.3, -0.25) is 14.7 Å². The van der Waals surface area contributed by atoms with Crippen molar-refractivity contribution in [3.05, 3.63) is 163 Å². The number of nitrogens with zero attached hydrogens (tertiary/aromatic N) is 11. The number of aliphatic hydroxyl groups excluding tert-OH is 1. The Labute approximate surface area is 632 Å². The number of methoxy groups -OCH3 is 4. The maximum atomic E-state index is 13.4. The van der Waals surface area contributed by atoms with E-state index in [9.17, 15) is 27.7 Å². The van der Waals surface area contributed by atoms with Crippen molar-refractivity contribution in [2.45, 2.75) is 69.1 Å². The van der Waals surface area contributed by atoms with Gasteiger partial charge in [0.05, 0.1) is 139 Å². The molecule has 0 radical (unpaired) electrons. The molecule has 5 N–H and O–H groups in total. The molecule has 0 spiro atoms. The van der Waals surface area contributed by atoms with E-state index in [1.165, 1.54) is 17.7 Å². The zero-order chi connectivity index (χ0) is 75.8. The number of nitro benzene ring substituents is 1. The highest BCUT2D eigenvalue weighted by molar-refractivity contribution is 9.11. The van der Waals surface area contributed by atoms with E-state index in [4.69, 9.17) is 54.7 Å². The fourth-order valence-corrected chi connectivity index (χ4v) is 14.5. The summed E-state index contributed by atoms with van der Waals surface area (Å²) in [5.41, 5.74) is 9.10. The number of hydrogen-bond donors (Lipinski definition) is 5. The molecular weight excluding hydrogens is 1560 g/mol. The van der Waals surface area contributed by atoms with Crippen LogP contribution in [0.5, 0.6) is 23.0 Å². The van der Waals surface area contributed by atoms with Crippen molar-refractivity contribution in [1.82, 2.24) is 39.5 Å². The first kappa shape index (κ1) is 80.9. The molecule has 2 saturated carbocycles. The number of hydrogen-bond acceptors (Lipinski definition) is 24. The van der Waals surface area contributed by atoms with Crippen molar-refractivity contribution in [3.8, 4) is 34.4 Å². The Morgan fingerprint density at radius 3 is 1.52 bits per heavy atom. The fraction of sp³-hybridized carbons (Fsp3) is 0.380. The van der Waals surface area contributed by atoms with Crippen LogP contribution in [0.3, 0.4) is 0 Å². The fourth-order valence-electron chi connectivity index (χ4n) is 11.0. The molecule has 0 amide bonds. The lowest BCUT2D eigenvalue weighted by Gasteiger charge is -2.31.